The molecule has 0 bridgehead atoms. The van der Waals surface area contributed by atoms with E-state index in [-0.39, 0.29) is 5.91 Å². The number of anilines is 1. The Morgan fingerprint density at radius 1 is 1.14 bits per heavy atom. The average Bonchev–Trinajstić information content (AvgIpc) is 2.45. The fourth-order valence-corrected chi connectivity index (χ4v) is 2.73. The molecule has 1 aromatic heterocycles. The summed E-state index contributed by atoms with van der Waals surface area (Å²) in [7, 11) is 1.84. The Labute approximate surface area is 127 Å². The molecule has 0 radical (unpaired) electrons. The van der Waals surface area contributed by atoms with Crippen molar-refractivity contribution in [1.29, 1.82) is 0 Å². The molecule has 1 amide bonds. The molecule has 1 fully saturated rings. The molecule has 2 rings (SSSR count). The van der Waals surface area contributed by atoms with Gasteiger partial charge in [0.25, 0.3) is 5.91 Å². The maximum atomic E-state index is 12.8. The largest absolute Gasteiger partial charge is 0.373 e. The first kappa shape index (κ1) is 15.8. The number of pyridine rings is 1. The van der Waals surface area contributed by atoms with Gasteiger partial charge in [0.05, 0.1) is 0 Å². The number of rotatable bonds is 3. The fourth-order valence-electron chi connectivity index (χ4n) is 2.73. The summed E-state index contributed by atoms with van der Waals surface area (Å²) < 4.78 is 0. The van der Waals surface area contributed by atoms with Gasteiger partial charge < -0.3 is 10.2 Å². The molecule has 0 saturated carbocycles. The number of amides is 1. The Hall–Kier alpha value is -1.58. The molecular weight excluding hydrogens is 262 g/mol. The van der Waals surface area contributed by atoms with E-state index in [0.717, 1.165) is 43.0 Å². The van der Waals surface area contributed by atoms with Gasteiger partial charge in [-0.05, 0) is 30.9 Å². The lowest BCUT2D eigenvalue weighted by Crippen LogP contribution is -2.34. The summed E-state index contributed by atoms with van der Waals surface area (Å²) in [6, 6.07) is 3.82. The number of likely N-dealkylation sites (tertiary alicyclic amines) is 1. The molecule has 4 nitrogen and oxygen atoms in total. The monoisotopic (exact) mass is 289 g/mol. The van der Waals surface area contributed by atoms with Crippen molar-refractivity contribution in [2.24, 2.45) is 0 Å². The van der Waals surface area contributed by atoms with Crippen LogP contribution in [0.5, 0.6) is 0 Å². The Kier molecular flexibility index (Phi) is 5.59. The first-order valence-electron chi connectivity index (χ1n) is 8.11. The zero-order valence-corrected chi connectivity index (χ0v) is 13.5. The van der Waals surface area contributed by atoms with Gasteiger partial charge in [-0.3, -0.25) is 4.79 Å². The number of carbonyl (C=O) groups is 1. The summed E-state index contributed by atoms with van der Waals surface area (Å²) in [5.41, 5.74) is 1.73. The van der Waals surface area contributed by atoms with Crippen LogP contribution < -0.4 is 5.32 Å². The summed E-state index contributed by atoms with van der Waals surface area (Å²) in [5, 5.41) is 3.06. The van der Waals surface area contributed by atoms with Crippen molar-refractivity contribution < 1.29 is 4.79 Å². The third-order valence-electron chi connectivity index (χ3n) is 4.08. The van der Waals surface area contributed by atoms with E-state index < -0.39 is 0 Å². The summed E-state index contributed by atoms with van der Waals surface area (Å²) in [5.74, 6) is 1.24. The van der Waals surface area contributed by atoms with E-state index in [1.165, 1.54) is 19.3 Å². The molecule has 0 aromatic carbocycles. The van der Waals surface area contributed by atoms with Crippen molar-refractivity contribution in [3.63, 3.8) is 0 Å². The van der Waals surface area contributed by atoms with E-state index in [0.29, 0.717) is 5.92 Å². The lowest BCUT2D eigenvalue weighted by atomic mass is 10.0. The highest BCUT2D eigenvalue weighted by Crippen LogP contribution is 2.20. The highest BCUT2D eigenvalue weighted by atomic mass is 16.2. The summed E-state index contributed by atoms with van der Waals surface area (Å²) in [4.78, 5) is 19.3. The number of carbonyl (C=O) groups excluding carboxylic acids is 1. The molecular formula is C17H27N3O. The maximum absolute atomic E-state index is 12.8. The first-order valence-corrected chi connectivity index (χ1v) is 8.11. The highest BCUT2D eigenvalue weighted by Gasteiger charge is 2.18. The molecule has 1 N–H and O–H groups in total. The van der Waals surface area contributed by atoms with Crippen LogP contribution in [-0.2, 0) is 0 Å². The van der Waals surface area contributed by atoms with Crippen LogP contribution in [0.1, 0.15) is 67.9 Å². The van der Waals surface area contributed by atoms with Gasteiger partial charge in [0, 0.05) is 31.4 Å². The van der Waals surface area contributed by atoms with Crippen LogP contribution in [0, 0.1) is 0 Å². The zero-order chi connectivity index (χ0) is 15.2. The summed E-state index contributed by atoms with van der Waals surface area (Å²) >= 11 is 0. The fraction of sp³-hybridized carbons (Fsp3) is 0.647. The van der Waals surface area contributed by atoms with Gasteiger partial charge in [-0.2, -0.15) is 0 Å². The molecule has 0 atom stereocenters. The Morgan fingerprint density at radius 2 is 1.76 bits per heavy atom. The van der Waals surface area contributed by atoms with Crippen molar-refractivity contribution in [3.05, 3.63) is 23.4 Å². The zero-order valence-electron chi connectivity index (χ0n) is 13.5. The first-order chi connectivity index (χ1) is 10.1. The van der Waals surface area contributed by atoms with E-state index >= 15 is 0 Å². The van der Waals surface area contributed by atoms with Crippen molar-refractivity contribution in [2.45, 2.75) is 51.9 Å². The predicted molar refractivity (Wildman–Crippen MR) is 86.9 cm³/mol. The topological polar surface area (TPSA) is 45.2 Å². The van der Waals surface area contributed by atoms with Crippen molar-refractivity contribution in [1.82, 2.24) is 9.88 Å². The smallest absolute Gasteiger partial charge is 0.254 e. The van der Waals surface area contributed by atoms with E-state index in [9.17, 15) is 4.79 Å². The Morgan fingerprint density at radius 3 is 2.33 bits per heavy atom. The van der Waals surface area contributed by atoms with Crippen molar-refractivity contribution in [3.8, 4) is 0 Å². The molecule has 116 valence electrons. The van der Waals surface area contributed by atoms with Crippen LogP contribution in [0.25, 0.3) is 0 Å². The minimum absolute atomic E-state index is 0.151. The molecule has 1 aliphatic rings. The average molecular weight is 289 g/mol. The van der Waals surface area contributed by atoms with Crippen molar-refractivity contribution in [2.75, 3.05) is 25.5 Å². The number of hydrogen-bond donors (Lipinski definition) is 1. The minimum atomic E-state index is 0.151. The quantitative estimate of drug-likeness (QED) is 0.923. The number of aromatic nitrogens is 1. The lowest BCUT2D eigenvalue weighted by molar-refractivity contribution is 0.0742. The maximum Gasteiger partial charge on any atom is 0.254 e. The number of nitrogens with one attached hydrogen (secondary N) is 1. The van der Waals surface area contributed by atoms with Crippen LogP contribution in [0.3, 0.4) is 0 Å². The number of nitrogens with zero attached hydrogens (tertiary/aromatic N) is 2. The lowest BCUT2D eigenvalue weighted by Gasteiger charge is -2.25. The summed E-state index contributed by atoms with van der Waals surface area (Å²) in [6.45, 7) is 5.97. The molecule has 21 heavy (non-hydrogen) atoms. The van der Waals surface area contributed by atoms with E-state index in [4.69, 9.17) is 0 Å². The van der Waals surface area contributed by atoms with Crippen LogP contribution in [0.4, 0.5) is 5.82 Å². The summed E-state index contributed by atoms with van der Waals surface area (Å²) in [6.07, 6.45) is 6.01. The van der Waals surface area contributed by atoms with Gasteiger partial charge in [0.15, 0.2) is 0 Å². The standard InChI is InChI=1S/C17H27N3O/c1-13(2)15-11-14(12-16(18-3)19-15)17(21)20-9-7-5-4-6-8-10-20/h11-13H,4-10H2,1-3H3,(H,18,19). The van der Waals surface area contributed by atoms with E-state index in [2.05, 4.69) is 24.1 Å². The van der Waals surface area contributed by atoms with Gasteiger partial charge in [-0.15, -0.1) is 0 Å². The van der Waals surface area contributed by atoms with Gasteiger partial charge in [-0.25, -0.2) is 4.98 Å². The molecule has 4 heteroatoms. The molecule has 1 saturated heterocycles. The Bertz CT molecular complexity index is 477. The molecule has 0 spiro atoms. The molecule has 2 heterocycles. The van der Waals surface area contributed by atoms with E-state index in [1.54, 1.807) is 0 Å². The second kappa shape index (κ2) is 7.43. The van der Waals surface area contributed by atoms with Gasteiger partial charge >= 0.3 is 0 Å². The number of hydrogen-bond acceptors (Lipinski definition) is 3. The molecule has 0 aliphatic carbocycles. The predicted octanol–water partition coefficient (Wildman–Crippen LogP) is 3.65. The van der Waals surface area contributed by atoms with Gasteiger partial charge in [0.2, 0.25) is 0 Å². The third kappa shape index (κ3) is 4.19. The third-order valence-corrected chi connectivity index (χ3v) is 4.08. The highest BCUT2D eigenvalue weighted by molar-refractivity contribution is 5.95. The van der Waals surface area contributed by atoms with Gasteiger partial charge in [-0.1, -0.05) is 33.1 Å². The minimum Gasteiger partial charge on any atom is -0.373 e. The molecule has 1 aromatic rings. The van der Waals surface area contributed by atoms with Gasteiger partial charge in [0.1, 0.15) is 5.82 Å². The van der Waals surface area contributed by atoms with Crippen LogP contribution in [0.2, 0.25) is 0 Å². The SMILES string of the molecule is CNc1cc(C(=O)N2CCCCCCC2)cc(C(C)C)n1. The normalized spacial score (nSPS) is 16.5. The van der Waals surface area contributed by atoms with Crippen LogP contribution >= 0.6 is 0 Å². The molecule has 0 unspecified atom stereocenters. The van der Waals surface area contributed by atoms with E-state index in [1.807, 2.05) is 24.1 Å². The molecule has 1 aliphatic heterocycles. The van der Waals surface area contributed by atoms with Crippen LogP contribution in [-0.4, -0.2) is 35.9 Å². The van der Waals surface area contributed by atoms with Crippen LogP contribution in [0.15, 0.2) is 12.1 Å². The second-order valence-electron chi connectivity index (χ2n) is 6.13. The Balaban J connectivity index is 2.22. The second-order valence-corrected chi connectivity index (χ2v) is 6.13. The van der Waals surface area contributed by atoms with Crippen molar-refractivity contribution >= 4 is 11.7 Å².